The standard InChI is InChI=1S/C8H17FNO2PS2/c1-14-13(12,15-2)10-8(11)6-4-3-5-7-9/h3-7H2,1-2H3,(H,10,11,12). The molecule has 0 aliphatic heterocycles. The third-order valence-electron chi connectivity index (χ3n) is 1.78. The average Bonchev–Trinajstić information content (AvgIpc) is 2.24. The quantitative estimate of drug-likeness (QED) is 0.543. The van der Waals surface area contributed by atoms with Crippen LogP contribution in [-0.4, -0.2) is 25.1 Å². The van der Waals surface area contributed by atoms with Gasteiger partial charge in [-0.15, -0.1) is 0 Å². The number of unbranched alkanes of at least 4 members (excludes halogenated alkanes) is 2. The molecule has 7 heteroatoms. The van der Waals surface area contributed by atoms with Crippen LogP contribution in [0.25, 0.3) is 0 Å². The number of rotatable bonds is 8. The SMILES string of the molecule is CSP(=O)(NC(=O)CCCCCF)SC. The first-order chi connectivity index (χ1) is 7.08. The Hall–Kier alpha value is 0.330. The molecule has 0 fully saturated rings. The van der Waals surface area contributed by atoms with E-state index >= 15 is 0 Å². The molecule has 0 rings (SSSR count). The van der Waals surface area contributed by atoms with Gasteiger partial charge in [0.25, 0.3) is 5.70 Å². The summed E-state index contributed by atoms with van der Waals surface area (Å²) in [4.78, 5) is 11.3. The number of nitrogens with one attached hydrogen (secondary N) is 1. The van der Waals surface area contributed by atoms with Crippen molar-refractivity contribution in [2.24, 2.45) is 0 Å². The van der Waals surface area contributed by atoms with Crippen molar-refractivity contribution in [1.82, 2.24) is 5.09 Å². The Morgan fingerprint density at radius 3 is 2.33 bits per heavy atom. The molecular weight excluding hydrogens is 256 g/mol. The predicted molar refractivity (Wildman–Crippen MR) is 67.2 cm³/mol. The number of hydrogen-bond acceptors (Lipinski definition) is 4. The van der Waals surface area contributed by atoms with Crippen LogP contribution < -0.4 is 5.09 Å². The summed E-state index contributed by atoms with van der Waals surface area (Å²) >= 11 is 2.34. The number of carbonyl (C=O) groups excluding carboxylic acids is 1. The molecule has 0 unspecified atom stereocenters. The number of hydrogen-bond donors (Lipinski definition) is 1. The molecule has 1 amide bonds. The maximum atomic E-state index is 11.8. The second-order valence-electron chi connectivity index (χ2n) is 2.90. The molecule has 0 spiro atoms. The minimum atomic E-state index is -2.63. The summed E-state index contributed by atoms with van der Waals surface area (Å²) in [6, 6.07) is 0. The number of alkyl halides is 1. The molecule has 90 valence electrons. The van der Waals surface area contributed by atoms with Crippen molar-refractivity contribution in [1.29, 1.82) is 0 Å². The predicted octanol–water partition coefficient (Wildman–Crippen LogP) is 3.47. The molecule has 0 radical (unpaired) electrons. The molecule has 1 N–H and O–H groups in total. The lowest BCUT2D eigenvalue weighted by molar-refractivity contribution is -0.119. The van der Waals surface area contributed by atoms with Crippen LogP contribution in [0.15, 0.2) is 0 Å². The lowest BCUT2D eigenvalue weighted by atomic mass is 10.2. The van der Waals surface area contributed by atoms with Gasteiger partial charge in [0, 0.05) is 6.42 Å². The first-order valence-corrected chi connectivity index (χ1v) is 10.0. The molecule has 0 aliphatic carbocycles. The molecule has 0 aromatic carbocycles. The van der Waals surface area contributed by atoms with E-state index in [4.69, 9.17) is 0 Å². The lowest BCUT2D eigenvalue weighted by Gasteiger charge is -2.13. The third-order valence-corrected chi connectivity index (χ3v) is 9.38. The van der Waals surface area contributed by atoms with Crippen LogP contribution in [0.2, 0.25) is 0 Å². The van der Waals surface area contributed by atoms with E-state index in [9.17, 15) is 13.8 Å². The van der Waals surface area contributed by atoms with Crippen LogP contribution >= 0.6 is 28.5 Å². The summed E-state index contributed by atoms with van der Waals surface area (Å²) in [5.74, 6) is -0.208. The molecule has 0 aliphatic rings. The van der Waals surface area contributed by atoms with Gasteiger partial charge in [0.15, 0.2) is 0 Å². The zero-order valence-corrected chi connectivity index (χ0v) is 11.5. The fraction of sp³-hybridized carbons (Fsp3) is 0.875. The summed E-state index contributed by atoms with van der Waals surface area (Å²) in [6.45, 7) is -0.338. The Kier molecular flexibility index (Phi) is 8.66. The van der Waals surface area contributed by atoms with Crippen molar-refractivity contribution in [3.05, 3.63) is 0 Å². The largest absolute Gasteiger partial charge is 0.291 e. The van der Waals surface area contributed by atoms with Crippen LogP contribution in [0.5, 0.6) is 0 Å². The van der Waals surface area contributed by atoms with Crippen LogP contribution in [0.4, 0.5) is 4.39 Å². The van der Waals surface area contributed by atoms with Crippen LogP contribution in [0, 0.1) is 0 Å². The smallest absolute Gasteiger partial charge is 0.279 e. The first-order valence-electron chi connectivity index (χ1n) is 4.66. The molecule has 15 heavy (non-hydrogen) atoms. The van der Waals surface area contributed by atoms with Crippen LogP contribution in [0.3, 0.4) is 0 Å². The molecule has 0 atom stereocenters. The Balaban J connectivity index is 3.78. The average molecular weight is 273 g/mol. The number of amides is 1. The van der Waals surface area contributed by atoms with Gasteiger partial charge in [0.05, 0.1) is 6.67 Å². The highest BCUT2D eigenvalue weighted by atomic mass is 33.1. The molecule has 0 saturated carbocycles. The topological polar surface area (TPSA) is 46.2 Å². The van der Waals surface area contributed by atoms with Crippen molar-refractivity contribution in [3.8, 4) is 0 Å². The fourth-order valence-electron chi connectivity index (χ4n) is 0.931. The minimum absolute atomic E-state index is 0.208. The van der Waals surface area contributed by atoms with Crippen molar-refractivity contribution in [2.75, 3.05) is 19.2 Å². The Morgan fingerprint density at radius 1 is 1.27 bits per heavy atom. The van der Waals surface area contributed by atoms with E-state index in [1.807, 2.05) is 0 Å². The summed E-state index contributed by atoms with van der Waals surface area (Å²) in [7, 11) is 0. The fourth-order valence-corrected chi connectivity index (χ4v) is 4.63. The zero-order valence-electron chi connectivity index (χ0n) is 8.99. The normalized spacial score (nSPS) is 11.4. The Labute approximate surface area is 98.3 Å². The molecule has 3 nitrogen and oxygen atoms in total. The highest BCUT2D eigenvalue weighted by molar-refractivity contribution is 8.89. The van der Waals surface area contributed by atoms with Gasteiger partial charge in [-0.3, -0.25) is 18.8 Å². The van der Waals surface area contributed by atoms with Gasteiger partial charge in [-0.25, -0.2) is 0 Å². The lowest BCUT2D eigenvalue weighted by Crippen LogP contribution is -2.17. The molecule has 0 heterocycles. The maximum absolute atomic E-state index is 11.8. The van der Waals surface area contributed by atoms with Crippen molar-refractivity contribution in [3.63, 3.8) is 0 Å². The van der Waals surface area contributed by atoms with Crippen LogP contribution in [-0.2, 0) is 9.36 Å². The summed E-state index contributed by atoms with van der Waals surface area (Å²) in [5.41, 5.74) is -2.63. The van der Waals surface area contributed by atoms with Gasteiger partial charge < -0.3 is 0 Å². The van der Waals surface area contributed by atoms with E-state index in [1.165, 1.54) is 22.8 Å². The first kappa shape index (κ1) is 15.3. The Morgan fingerprint density at radius 2 is 1.87 bits per heavy atom. The van der Waals surface area contributed by atoms with E-state index in [0.717, 1.165) is 0 Å². The van der Waals surface area contributed by atoms with E-state index in [0.29, 0.717) is 25.7 Å². The van der Waals surface area contributed by atoms with Crippen molar-refractivity contribution >= 4 is 34.4 Å². The van der Waals surface area contributed by atoms with E-state index in [2.05, 4.69) is 5.09 Å². The highest BCUT2D eigenvalue weighted by Gasteiger charge is 2.21. The Bertz CT molecular complexity index is 233. The molecule has 0 aromatic rings. The van der Waals surface area contributed by atoms with Gasteiger partial charge in [0.1, 0.15) is 0 Å². The minimum Gasteiger partial charge on any atom is -0.291 e. The van der Waals surface area contributed by atoms with E-state index in [1.54, 1.807) is 12.5 Å². The van der Waals surface area contributed by atoms with Gasteiger partial charge in [-0.05, 0) is 25.4 Å². The van der Waals surface area contributed by atoms with Gasteiger partial charge in [-0.1, -0.05) is 29.2 Å². The summed E-state index contributed by atoms with van der Waals surface area (Å²) < 4.78 is 23.5. The summed E-state index contributed by atoms with van der Waals surface area (Å²) in [5, 5.41) is 2.52. The highest BCUT2D eigenvalue weighted by Crippen LogP contribution is 2.63. The van der Waals surface area contributed by atoms with Gasteiger partial charge >= 0.3 is 0 Å². The zero-order chi connectivity index (χ0) is 11.7. The maximum Gasteiger partial charge on any atom is 0.279 e. The van der Waals surface area contributed by atoms with Gasteiger partial charge in [0.2, 0.25) is 5.91 Å². The molecule has 0 saturated heterocycles. The molecule has 0 aromatic heterocycles. The number of carbonyl (C=O) groups is 1. The third kappa shape index (κ3) is 7.25. The van der Waals surface area contributed by atoms with Crippen LogP contribution in [0.1, 0.15) is 25.7 Å². The van der Waals surface area contributed by atoms with Crippen molar-refractivity contribution in [2.45, 2.75) is 25.7 Å². The second kappa shape index (κ2) is 8.48. The summed E-state index contributed by atoms with van der Waals surface area (Å²) in [6.07, 6.45) is 5.59. The van der Waals surface area contributed by atoms with Gasteiger partial charge in [-0.2, -0.15) is 0 Å². The number of halogens is 1. The van der Waals surface area contributed by atoms with E-state index in [-0.39, 0.29) is 12.6 Å². The molecular formula is C8H17FNO2PS2. The van der Waals surface area contributed by atoms with Crippen molar-refractivity contribution < 1.29 is 13.8 Å². The monoisotopic (exact) mass is 273 g/mol. The van der Waals surface area contributed by atoms with E-state index < -0.39 is 5.70 Å². The second-order valence-corrected chi connectivity index (χ2v) is 10.8. The molecule has 0 bridgehead atoms.